The molecule has 30 heavy (non-hydrogen) atoms. The predicted molar refractivity (Wildman–Crippen MR) is 115 cm³/mol. The molecular weight excluding hydrogens is 404 g/mol. The van der Waals surface area contributed by atoms with Crippen LogP contribution in [0, 0.1) is 0 Å². The van der Waals surface area contributed by atoms with Gasteiger partial charge < -0.3 is 10.2 Å². The number of nitrogens with zero attached hydrogens (tertiary/aromatic N) is 1. The Morgan fingerprint density at radius 1 is 1.10 bits per heavy atom. The molecule has 2 aromatic carbocycles. The Morgan fingerprint density at radius 3 is 2.57 bits per heavy atom. The average Bonchev–Trinajstić information content (AvgIpc) is 3.15. The number of fused-ring (bicyclic) bond motifs is 1. The largest absolute Gasteiger partial charge is 0.326 e. The van der Waals surface area contributed by atoms with E-state index < -0.39 is 15.7 Å². The second-order valence-corrected chi connectivity index (χ2v) is 9.30. The van der Waals surface area contributed by atoms with E-state index in [2.05, 4.69) is 5.32 Å². The van der Waals surface area contributed by atoms with Crippen LogP contribution in [0.15, 0.2) is 47.4 Å². The van der Waals surface area contributed by atoms with E-state index in [0.717, 1.165) is 11.3 Å². The van der Waals surface area contributed by atoms with Gasteiger partial charge in [0, 0.05) is 36.3 Å². The lowest BCUT2D eigenvalue weighted by atomic mass is 10.1. The van der Waals surface area contributed by atoms with E-state index in [4.69, 9.17) is 0 Å². The summed E-state index contributed by atoms with van der Waals surface area (Å²) in [5, 5.41) is 2.63. The summed E-state index contributed by atoms with van der Waals surface area (Å²) in [7, 11) is -3.65. The summed E-state index contributed by atoms with van der Waals surface area (Å²) in [5.41, 5.74) is 2.49. The van der Waals surface area contributed by atoms with Gasteiger partial charge in [0.15, 0.2) is 15.6 Å². The monoisotopic (exact) mass is 428 g/mol. The van der Waals surface area contributed by atoms with E-state index in [1.807, 2.05) is 0 Å². The molecule has 0 spiro atoms. The number of hydrogen-bond acceptors (Lipinski definition) is 5. The maximum absolute atomic E-state index is 12.7. The summed E-state index contributed by atoms with van der Waals surface area (Å²) in [6, 6.07) is 11.2. The summed E-state index contributed by atoms with van der Waals surface area (Å²) >= 11 is 0. The third-order valence-electron chi connectivity index (χ3n) is 5.06. The van der Waals surface area contributed by atoms with Crippen LogP contribution in [0.2, 0.25) is 0 Å². The minimum Gasteiger partial charge on any atom is -0.326 e. The molecule has 2 aromatic rings. The van der Waals surface area contributed by atoms with E-state index in [-0.39, 0.29) is 28.8 Å². The molecule has 2 amide bonds. The molecule has 3 rings (SSSR count). The number of rotatable bonds is 7. The van der Waals surface area contributed by atoms with E-state index in [1.165, 1.54) is 13.0 Å². The fourth-order valence-corrected chi connectivity index (χ4v) is 4.69. The van der Waals surface area contributed by atoms with Crippen molar-refractivity contribution < 1.29 is 22.8 Å². The summed E-state index contributed by atoms with van der Waals surface area (Å²) in [5.74, 6) is -0.888. The van der Waals surface area contributed by atoms with Gasteiger partial charge in [-0.1, -0.05) is 19.1 Å². The van der Waals surface area contributed by atoms with Crippen molar-refractivity contribution in [2.24, 2.45) is 0 Å². The molecule has 0 saturated carbocycles. The Labute approximate surface area is 176 Å². The summed E-state index contributed by atoms with van der Waals surface area (Å²) in [4.78, 5) is 37.5. The highest BCUT2D eigenvalue weighted by molar-refractivity contribution is 7.91. The summed E-state index contributed by atoms with van der Waals surface area (Å²) in [6.07, 6.45) is 0.797. The Kier molecular flexibility index (Phi) is 6.36. The lowest BCUT2D eigenvalue weighted by molar-refractivity contribution is -0.118. The van der Waals surface area contributed by atoms with Gasteiger partial charge >= 0.3 is 0 Å². The third-order valence-corrected chi connectivity index (χ3v) is 6.77. The molecule has 1 N–H and O–H groups in total. The Morgan fingerprint density at radius 2 is 1.87 bits per heavy atom. The van der Waals surface area contributed by atoms with Crippen molar-refractivity contribution in [2.75, 3.05) is 22.5 Å². The molecule has 0 atom stereocenters. The Bertz CT molecular complexity index is 1110. The van der Waals surface area contributed by atoms with Crippen LogP contribution in [0.1, 0.15) is 42.6 Å². The lowest BCUT2D eigenvalue weighted by Crippen LogP contribution is -2.27. The van der Waals surface area contributed by atoms with Crippen molar-refractivity contribution in [3.05, 3.63) is 53.6 Å². The normalized spacial score (nSPS) is 13.1. The van der Waals surface area contributed by atoms with Gasteiger partial charge in [0.25, 0.3) is 0 Å². The molecule has 158 valence electrons. The molecule has 0 saturated heterocycles. The molecule has 1 aliphatic heterocycles. The van der Waals surface area contributed by atoms with Crippen LogP contribution >= 0.6 is 0 Å². The number of sulfone groups is 1. The van der Waals surface area contributed by atoms with Crippen LogP contribution in [-0.4, -0.2) is 38.3 Å². The quantitative estimate of drug-likeness (QED) is 0.684. The van der Waals surface area contributed by atoms with Crippen molar-refractivity contribution in [3.63, 3.8) is 0 Å². The van der Waals surface area contributed by atoms with Crippen LogP contribution in [0.5, 0.6) is 0 Å². The number of Topliss-reactive ketones (excluding diaryl/α,β-unsaturated/α-hetero) is 1. The minimum absolute atomic E-state index is 0.00914. The Balaban J connectivity index is 1.66. The van der Waals surface area contributed by atoms with E-state index in [0.29, 0.717) is 30.6 Å². The number of carbonyl (C=O) groups is 3. The SMILES string of the molecule is CCC(=O)N1CCc2cc(S(=O)(=O)CCC(=O)Nc3cccc(C(C)=O)c3)ccc21. The Hall–Kier alpha value is -3.00. The predicted octanol–water partition coefficient (Wildman–Crippen LogP) is 2.99. The molecule has 0 aliphatic carbocycles. The highest BCUT2D eigenvalue weighted by Gasteiger charge is 2.26. The molecule has 0 bridgehead atoms. The van der Waals surface area contributed by atoms with Crippen LogP contribution in [-0.2, 0) is 25.8 Å². The highest BCUT2D eigenvalue weighted by atomic mass is 32.2. The van der Waals surface area contributed by atoms with Gasteiger partial charge in [0.2, 0.25) is 11.8 Å². The van der Waals surface area contributed by atoms with Gasteiger partial charge in [0.1, 0.15) is 0 Å². The molecule has 0 fully saturated rings. The number of anilines is 2. The maximum atomic E-state index is 12.7. The van der Waals surface area contributed by atoms with Gasteiger partial charge in [-0.3, -0.25) is 14.4 Å². The van der Waals surface area contributed by atoms with Crippen molar-refractivity contribution >= 4 is 38.8 Å². The number of amides is 2. The van der Waals surface area contributed by atoms with Crippen molar-refractivity contribution in [3.8, 4) is 0 Å². The zero-order chi connectivity index (χ0) is 21.9. The average molecular weight is 429 g/mol. The van der Waals surface area contributed by atoms with Gasteiger partial charge in [-0.15, -0.1) is 0 Å². The second-order valence-electron chi connectivity index (χ2n) is 7.19. The first-order valence-electron chi connectivity index (χ1n) is 9.78. The van der Waals surface area contributed by atoms with Gasteiger partial charge in [-0.25, -0.2) is 8.42 Å². The molecule has 1 heterocycles. The van der Waals surface area contributed by atoms with E-state index in [9.17, 15) is 22.8 Å². The number of hydrogen-bond donors (Lipinski definition) is 1. The van der Waals surface area contributed by atoms with Gasteiger partial charge in [-0.2, -0.15) is 0 Å². The molecule has 0 unspecified atom stereocenters. The first-order chi connectivity index (χ1) is 14.2. The highest BCUT2D eigenvalue weighted by Crippen LogP contribution is 2.31. The maximum Gasteiger partial charge on any atom is 0.226 e. The second kappa shape index (κ2) is 8.79. The number of ketones is 1. The van der Waals surface area contributed by atoms with Crippen LogP contribution in [0.3, 0.4) is 0 Å². The molecule has 0 radical (unpaired) electrons. The third kappa shape index (κ3) is 4.76. The zero-order valence-electron chi connectivity index (χ0n) is 17.0. The van der Waals surface area contributed by atoms with Crippen LogP contribution < -0.4 is 10.2 Å². The summed E-state index contributed by atoms with van der Waals surface area (Å²) < 4.78 is 25.4. The lowest BCUT2D eigenvalue weighted by Gasteiger charge is -2.16. The zero-order valence-corrected chi connectivity index (χ0v) is 17.8. The standard InChI is InChI=1S/C22H24N2O5S/c1-3-22(27)24-11-9-17-14-19(7-8-20(17)24)30(28,29)12-10-21(26)23-18-6-4-5-16(13-18)15(2)25/h4-8,13-14H,3,9-12H2,1-2H3,(H,23,26). The fourth-order valence-electron chi connectivity index (χ4n) is 3.41. The molecule has 0 aromatic heterocycles. The topological polar surface area (TPSA) is 101 Å². The van der Waals surface area contributed by atoms with E-state index >= 15 is 0 Å². The summed E-state index contributed by atoms with van der Waals surface area (Å²) in [6.45, 7) is 3.77. The van der Waals surface area contributed by atoms with Crippen molar-refractivity contribution in [1.82, 2.24) is 0 Å². The van der Waals surface area contributed by atoms with Crippen LogP contribution in [0.25, 0.3) is 0 Å². The number of benzene rings is 2. The van der Waals surface area contributed by atoms with Gasteiger partial charge in [-0.05, 0) is 49.2 Å². The first-order valence-corrected chi connectivity index (χ1v) is 11.4. The van der Waals surface area contributed by atoms with Gasteiger partial charge in [0.05, 0.1) is 10.6 Å². The molecular formula is C22H24N2O5S. The number of nitrogens with one attached hydrogen (secondary N) is 1. The molecule has 7 nitrogen and oxygen atoms in total. The van der Waals surface area contributed by atoms with E-state index in [1.54, 1.807) is 48.2 Å². The minimum atomic E-state index is -3.65. The number of carbonyl (C=O) groups excluding carboxylic acids is 3. The smallest absolute Gasteiger partial charge is 0.226 e. The first kappa shape index (κ1) is 21.7. The fraction of sp³-hybridized carbons (Fsp3) is 0.318. The molecule has 8 heteroatoms. The van der Waals surface area contributed by atoms with Crippen LogP contribution in [0.4, 0.5) is 11.4 Å². The van der Waals surface area contributed by atoms with Crippen molar-refractivity contribution in [2.45, 2.75) is 38.0 Å². The van der Waals surface area contributed by atoms with Crippen molar-refractivity contribution in [1.29, 1.82) is 0 Å². The molecule has 1 aliphatic rings.